The second-order valence-corrected chi connectivity index (χ2v) is 4.63. The van der Waals surface area contributed by atoms with E-state index in [4.69, 9.17) is 17.3 Å². The number of amides is 1. The number of primary amides is 1. The summed E-state index contributed by atoms with van der Waals surface area (Å²) in [6.45, 7) is 0.279. The van der Waals surface area contributed by atoms with Crippen molar-refractivity contribution in [2.75, 3.05) is 5.32 Å². The van der Waals surface area contributed by atoms with E-state index in [2.05, 4.69) is 5.32 Å². The summed E-state index contributed by atoms with van der Waals surface area (Å²) in [5.41, 5.74) is 5.98. The Hall–Kier alpha value is -2.14. The van der Waals surface area contributed by atoms with Crippen molar-refractivity contribution in [3.8, 4) is 0 Å². The summed E-state index contributed by atoms with van der Waals surface area (Å²) in [6.07, 6.45) is 0. The number of carbonyl (C=O) groups excluding carboxylic acids is 1. The molecule has 0 fully saturated rings. The fraction of sp³-hybridized carbons (Fsp3) is 0.0714. The van der Waals surface area contributed by atoms with Gasteiger partial charge in [-0.2, -0.15) is 0 Å². The summed E-state index contributed by atoms with van der Waals surface area (Å²) >= 11 is 5.74. The number of anilines is 1. The van der Waals surface area contributed by atoms with Crippen molar-refractivity contribution in [3.05, 3.63) is 64.2 Å². The van der Waals surface area contributed by atoms with Crippen molar-refractivity contribution in [1.82, 2.24) is 0 Å². The lowest BCUT2D eigenvalue weighted by atomic mass is 10.1. The number of rotatable bonds is 4. The molecule has 1 amide bonds. The van der Waals surface area contributed by atoms with Gasteiger partial charge in [-0.15, -0.1) is 0 Å². The highest BCUT2D eigenvalue weighted by atomic mass is 35.5. The molecule has 0 saturated heterocycles. The smallest absolute Gasteiger partial charge is 0.251 e. The minimum absolute atomic E-state index is 0.202. The summed E-state index contributed by atoms with van der Waals surface area (Å²) in [5.74, 6) is -1.97. The summed E-state index contributed by atoms with van der Waals surface area (Å²) in [6, 6.07) is 8.05. The van der Waals surface area contributed by atoms with Gasteiger partial charge in [0, 0.05) is 17.3 Å². The molecule has 0 heterocycles. The largest absolute Gasteiger partial charge is 0.381 e. The van der Waals surface area contributed by atoms with Crippen LogP contribution in [0.5, 0.6) is 0 Å². The molecule has 0 radical (unpaired) electrons. The van der Waals surface area contributed by atoms with Crippen molar-refractivity contribution in [3.63, 3.8) is 0 Å². The first-order chi connectivity index (χ1) is 9.45. The van der Waals surface area contributed by atoms with Crippen molar-refractivity contribution >= 4 is 23.2 Å². The second kappa shape index (κ2) is 5.88. The summed E-state index contributed by atoms with van der Waals surface area (Å²) in [7, 11) is 0. The maximum atomic E-state index is 13.3. The zero-order chi connectivity index (χ0) is 14.7. The van der Waals surface area contributed by atoms with Crippen LogP contribution in [-0.4, -0.2) is 5.91 Å². The quantitative estimate of drug-likeness (QED) is 0.909. The van der Waals surface area contributed by atoms with Gasteiger partial charge in [-0.25, -0.2) is 8.78 Å². The standard InChI is InChI=1S/C14H11ClF2N2O/c15-9-3-8(4-10(16)5-9)7-19-11-1-2-13(17)12(6-11)14(18)20/h1-6,19H,7H2,(H2,18,20). The molecule has 0 bridgehead atoms. The lowest BCUT2D eigenvalue weighted by Gasteiger charge is -2.08. The van der Waals surface area contributed by atoms with E-state index in [0.29, 0.717) is 16.3 Å². The molecular formula is C14H11ClF2N2O. The fourth-order valence-electron chi connectivity index (χ4n) is 1.74. The molecule has 0 atom stereocenters. The van der Waals surface area contributed by atoms with E-state index in [1.165, 1.54) is 24.3 Å². The van der Waals surface area contributed by atoms with E-state index in [-0.39, 0.29) is 12.1 Å². The molecule has 0 aliphatic carbocycles. The Morgan fingerprint density at radius 2 is 1.95 bits per heavy atom. The first kappa shape index (κ1) is 14.3. The zero-order valence-electron chi connectivity index (χ0n) is 10.3. The van der Waals surface area contributed by atoms with Gasteiger partial charge in [-0.1, -0.05) is 11.6 Å². The summed E-state index contributed by atoms with van der Waals surface area (Å²) < 4.78 is 26.4. The molecule has 0 aliphatic rings. The van der Waals surface area contributed by atoms with Crippen molar-refractivity contribution in [2.24, 2.45) is 5.73 Å². The van der Waals surface area contributed by atoms with Gasteiger partial charge in [-0.3, -0.25) is 4.79 Å². The molecule has 2 aromatic rings. The number of hydrogen-bond acceptors (Lipinski definition) is 2. The van der Waals surface area contributed by atoms with E-state index in [0.717, 1.165) is 6.07 Å². The van der Waals surface area contributed by atoms with Crippen LogP contribution >= 0.6 is 11.6 Å². The predicted molar refractivity (Wildman–Crippen MR) is 73.7 cm³/mol. The van der Waals surface area contributed by atoms with Crippen LogP contribution in [0.15, 0.2) is 36.4 Å². The molecule has 0 aliphatic heterocycles. The number of hydrogen-bond donors (Lipinski definition) is 2. The molecule has 0 aromatic heterocycles. The van der Waals surface area contributed by atoms with Crippen LogP contribution in [0.3, 0.4) is 0 Å². The molecule has 0 unspecified atom stereocenters. The SMILES string of the molecule is NC(=O)c1cc(NCc2cc(F)cc(Cl)c2)ccc1F. The maximum Gasteiger partial charge on any atom is 0.251 e. The normalized spacial score (nSPS) is 10.3. The first-order valence-electron chi connectivity index (χ1n) is 5.74. The number of nitrogens with one attached hydrogen (secondary N) is 1. The lowest BCUT2D eigenvalue weighted by molar-refractivity contribution is 0.0996. The van der Waals surface area contributed by atoms with E-state index in [1.54, 1.807) is 6.07 Å². The number of halogens is 3. The molecule has 2 rings (SSSR count). The molecule has 0 saturated carbocycles. The highest BCUT2D eigenvalue weighted by Crippen LogP contribution is 2.18. The van der Waals surface area contributed by atoms with Crippen molar-refractivity contribution in [2.45, 2.75) is 6.54 Å². The van der Waals surface area contributed by atoms with Gasteiger partial charge < -0.3 is 11.1 Å². The monoisotopic (exact) mass is 296 g/mol. The molecular weight excluding hydrogens is 286 g/mol. The Morgan fingerprint density at radius 1 is 1.20 bits per heavy atom. The Bertz CT molecular complexity index is 641. The zero-order valence-corrected chi connectivity index (χ0v) is 11.0. The second-order valence-electron chi connectivity index (χ2n) is 4.19. The van der Waals surface area contributed by atoms with Crippen LogP contribution in [0.4, 0.5) is 14.5 Å². The average molecular weight is 297 g/mol. The third-order valence-electron chi connectivity index (χ3n) is 2.65. The van der Waals surface area contributed by atoms with Crippen LogP contribution in [0.1, 0.15) is 15.9 Å². The highest BCUT2D eigenvalue weighted by Gasteiger charge is 2.09. The molecule has 2 aromatic carbocycles. The minimum Gasteiger partial charge on any atom is -0.381 e. The Kier molecular flexibility index (Phi) is 4.20. The van der Waals surface area contributed by atoms with Crippen LogP contribution in [0.2, 0.25) is 5.02 Å². The van der Waals surface area contributed by atoms with Gasteiger partial charge in [-0.05, 0) is 42.0 Å². The number of carbonyl (C=O) groups is 1. The summed E-state index contributed by atoms with van der Waals surface area (Å²) in [5, 5.41) is 3.23. The Labute approximate surface area is 119 Å². The van der Waals surface area contributed by atoms with Gasteiger partial charge in [0.15, 0.2) is 0 Å². The van der Waals surface area contributed by atoms with Gasteiger partial charge in [0.25, 0.3) is 5.91 Å². The Morgan fingerprint density at radius 3 is 2.60 bits per heavy atom. The molecule has 0 spiro atoms. The third-order valence-corrected chi connectivity index (χ3v) is 2.87. The molecule has 3 nitrogen and oxygen atoms in total. The van der Waals surface area contributed by atoms with Crippen LogP contribution in [0.25, 0.3) is 0 Å². The van der Waals surface area contributed by atoms with Crippen LogP contribution in [0, 0.1) is 11.6 Å². The van der Waals surface area contributed by atoms with Gasteiger partial charge in [0.05, 0.1) is 5.56 Å². The number of nitrogens with two attached hydrogens (primary N) is 1. The first-order valence-corrected chi connectivity index (χ1v) is 6.11. The average Bonchev–Trinajstić information content (AvgIpc) is 2.36. The van der Waals surface area contributed by atoms with E-state index in [9.17, 15) is 13.6 Å². The fourth-order valence-corrected chi connectivity index (χ4v) is 1.99. The maximum absolute atomic E-state index is 13.3. The molecule has 20 heavy (non-hydrogen) atoms. The molecule has 104 valence electrons. The van der Waals surface area contributed by atoms with Crippen molar-refractivity contribution in [1.29, 1.82) is 0 Å². The van der Waals surface area contributed by atoms with E-state index >= 15 is 0 Å². The van der Waals surface area contributed by atoms with E-state index in [1.807, 2.05) is 0 Å². The van der Waals surface area contributed by atoms with E-state index < -0.39 is 17.5 Å². The van der Waals surface area contributed by atoms with Gasteiger partial charge >= 0.3 is 0 Å². The number of benzene rings is 2. The predicted octanol–water partition coefficient (Wildman–Crippen LogP) is 3.33. The molecule has 3 N–H and O–H groups in total. The van der Waals surface area contributed by atoms with Crippen LogP contribution < -0.4 is 11.1 Å². The van der Waals surface area contributed by atoms with Gasteiger partial charge in [0.2, 0.25) is 0 Å². The highest BCUT2D eigenvalue weighted by molar-refractivity contribution is 6.30. The topological polar surface area (TPSA) is 55.1 Å². The minimum atomic E-state index is -0.847. The Balaban J connectivity index is 2.14. The summed E-state index contributed by atoms with van der Waals surface area (Å²) in [4.78, 5) is 11.0. The molecule has 6 heteroatoms. The van der Waals surface area contributed by atoms with Gasteiger partial charge in [0.1, 0.15) is 11.6 Å². The van der Waals surface area contributed by atoms with Crippen molar-refractivity contribution < 1.29 is 13.6 Å². The lowest BCUT2D eigenvalue weighted by Crippen LogP contribution is -2.13. The van der Waals surface area contributed by atoms with Crippen LogP contribution in [-0.2, 0) is 6.54 Å². The third kappa shape index (κ3) is 3.45.